The number of rotatable bonds is 5. The van der Waals surface area contributed by atoms with Gasteiger partial charge < -0.3 is 4.74 Å². The molecule has 0 bridgehead atoms. The van der Waals surface area contributed by atoms with Crippen LogP contribution in [0.15, 0.2) is 53.4 Å². The van der Waals surface area contributed by atoms with E-state index in [1.54, 1.807) is 0 Å². The van der Waals surface area contributed by atoms with E-state index in [9.17, 15) is 18.5 Å². The van der Waals surface area contributed by atoms with Crippen LogP contribution in [0.2, 0.25) is 0 Å². The lowest BCUT2D eigenvalue weighted by atomic mass is 10.1. The van der Waals surface area contributed by atoms with Gasteiger partial charge in [-0.3, -0.25) is 10.1 Å². The summed E-state index contributed by atoms with van der Waals surface area (Å²) in [6.45, 7) is 0.0447. The van der Waals surface area contributed by atoms with Gasteiger partial charge in [0.25, 0.3) is 5.69 Å². The normalized spacial score (nSPS) is 16.6. The lowest BCUT2D eigenvalue weighted by molar-refractivity contribution is -0.387. The molecule has 7 nitrogen and oxygen atoms in total. The molecule has 2 aromatic carbocycles. The predicted octanol–water partition coefficient (Wildman–Crippen LogP) is 1.88. The second-order valence-corrected chi connectivity index (χ2v) is 6.86. The van der Waals surface area contributed by atoms with Gasteiger partial charge in [0.15, 0.2) is 4.90 Å². The van der Waals surface area contributed by atoms with Gasteiger partial charge in [-0.2, -0.15) is 0 Å². The molecule has 0 aliphatic carbocycles. The number of nitrogens with one attached hydrogen (secondary N) is 1. The highest BCUT2D eigenvalue weighted by Gasteiger charge is 2.28. The second-order valence-electron chi connectivity index (χ2n) is 5.13. The van der Waals surface area contributed by atoms with Crippen molar-refractivity contribution in [1.29, 1.82) is 0 Å². The molecule has 0 radical (unpaired) electrons. The molecule has 0 aromatic heterocycles. The third-order valence-corrected chi connectivity index (χ3v) is 5.04. The Balaban J connectivity index is 1.73. The summed E-state index contributed by atoms with van der Waals surface area (Å²) in [5.41, 5.74) is 0.568. The summed E-state index contributed by atoms with van der Waals surface area (Å²) in [6, 6.07) is 12.7. The maximum absolute atomic E-state index is 12.3. The molecular weight excluding hydrogens is 320 g/mol. The molecular formula is C15H14N2O5S. The largest absolute Gasteiger partial charge is 0.488 e. The SMILES string of the molecule is O=[N+]([O-])c1ccccc1S(=O)(=O)NCC1Cc2ccccc2O1. The molecule has 1 aliphatic heterocycles. The van der Waals surface area contributed by atoms with Crippen molar-refractivity contribution in [2.75, 3.05) is 6.54 Å². The van der Waals surface area contributed by atoms with E-state index in [1.807, 2.05) is 24.3 Å². The van der Waals surface area contributed by atoms with Gasteiger partial charge in [0, 0.05) is 19.0 Å². The summed E-state index contributed by atoms with van der Waals surface area (Å²) in [6.07, 6.45) is 0.264. The standard InChI is InChI=1S/C15H14N2O5S/c18-17(19)13-6-2-4-8-15(13)23(20,21)16-10-12-9-11-5-1-3-7-14(11)22-12/h1-8,12,16H,9-10H2. The topological polar surface area (TPSA) is 98.5 Å². The quantitative estimate of drug-likeness (QED) is 0.665. The number of para-hydroxylation sites is 2. The molecule has 0 saturated carbocycles. The lowest BCUT2D eigenvalue weighted by Crippen LogP contribution is -2.34. The van der Waals surface area contributed by atoms with E-state index in [2.05, 4.69) is 4.72 Å². The van der Waals surface area contributed by atoms with Crippen molar-refractivity contribution >= 4 is 15.7 Å². The number of nitro benzene ring substituents is 1. The third kappa shape index (κ3) is 3.17. The third-order valence-electron chi connectivity index (χ3n) is 3.57. The molecule has 8 heteroatoms. The Labute approximate surface area is 133 Å². The number of hydrogen-bond donors (Lipinski definition) is 1. The number of sulfonamides is 1. The first-order valence-corrected chi connectivity index (χ1v) is 8.43. The van der Waals surface area contributed by atoms with Gasteiger partial charge >= 0.3 is 0 Å². The van der Waals surface area contributed by atoms with Crippen molar-refractivity contribution in [1.82, 2.24) is 4.72 Å². The van der Waals surface area contributed by atoms with Gasteiger partial charge in [0.1, 0.15) is 11.9 Å². The first-order valence-electron chi connectivity index (χ1n) is 6.95. The molecule has 0 saturated heterocycles. The number of nitrogens with zero attached hydrogens (tertiary/aromatic N) is 1. The molecule has 120 valence electrons. The Kier molecular flexibility index (Phi) is 4.01. The second kappa shape index (κ2) is 5.98. The van der Waals surface area contributed by atoms with Crippen LogP contribution in [0.5, 0.6) is 5.75 Å². The highest BCUT2D eigenvalue weighted by molar-refractivity contribution is 7.89. The van der Waals surface area contributed by atoms with Crippen LogP contribution in [0.3, 0.4) is 0 Å². The molecule has 0 spiro atoms. The number of ether oxygens (including phenoxy) is 1. The first kappa shape index (κ1) is 15.4. The van der Waals surface area contributed by atoms with Crippen LogP contribution < -0.4 is 9.46 Å². The van der Waals surface area contributed by atoms with Crippen molar-refractivity contribution in [3.63, 3.8) is 0 Å². The molecule has 3 rings (SSSR count). The number of hydrogen-bond acceptors (Lipinski definition) is 5. The first-order chi connectivity index (χ1) is 11.0. The van der Waals surface area contributed by atoms with Crippen LogP contribution in [0.4, 0.5) is 5.69 Å². The average molecular weight is 334 g/mol. The Hall–Kier alpha value is -2.45. The smallest absolute Gasteiger partial charge is 0.289 e. The van der Waals surface area contributed by atoms with Crippen LogP contribution >= 0.6 is 0 Å². The van der Waals surface area contributed by atoms with E-state index in [-0.39, 0.29) is 17.5 Å². The highest BCUT2D eigenvalue weighted by atomic mass is 32.2. The number of benzene rings is 2. The summed E-state index contributed by atoms with van der Waals surface area (Å²) in [5.74, 6) is 0.738. The lowest BCUT2D eigenvalue weighted by Gasteiger charge is -2.12. The molecule has 0 amide bonds. The summed E-state index contributed by atoms with van der Waals surface area (Å²) in [7, 11) is -3.98. The zero-order valence-corrected chi connectivity index (χ0v) is 12.8. The van der Waals surface area contributed by atoms with Crippen LogP contribution in [-0.2, 0) is 16.4 Å². The van der Waals surface area contributed by atoms with Gasteiger partial charge in [0.05, 0.1) is 4.92 Å². The summed E-state index contributed by atoms with van der Waals surface area (Å²) >= 11 is 0. The molecule has 1 unspecified atom stereocenters. The molecule has 1 aliphatic rings. The van der Waals surface area contributed by atoms with Crippen LogP contribution in [-0.4, -0.2) is 26.0 Å². The molecule has 1 N–H and O–H groups in total. The van der Waals surface area contributed by atoms with E-state index >= 15 is 0 Å². The Morgan fingerprint density at radius 1 is 1.17 bits per heavy atom. The Morgan fingerprint density at radius 2 is 1.87 bits per heavy atom. The molecule has 2 aromatic rings. The average Bonchev–Trinajstić information content (AvgIpc) is 2.96. The fraction of sp³-hybridized carbons (Fsp3) is 0.200. The van der Waals surface area contributed by atoms with E-state index in [0.29, 0.717) is 6.42 Å². The van der Waals surface area contributed by atoms with Gasteiger partial charge in [-0.25, -0.2) is 13.1 Å². The number of nitro groups is 1. The van der Waals surface area contributed by atoms with Crippen molar-refractivity contribution in [3.05, 3.63) is 64.2 Å². The minimum absolute atomic E-state index is 0.0447. The molecule has 1 heterocycles. The zero-order chi connectivity index (χ0) is 16.4. The van der Waals surface area contributed by atoms with Gasteiger partial charge in [-0.1, -0.05) is 30.3 Å². The minimum atomic E-state index is -3.98. The monoisotopic (exact) mass is 334 g/mol. The van der Waals surface area contributed by atoms with Crippen molar-refractivity contribution in [2.24, 2.45) is 0 Å². The van der Waals surface area contributed by atoms with E-state index < -0.39 is 20.6 Å². The Bertz CT molecular complexity index is 825. The molecule has 23 heavy (non-hydrogen) atoms. The maximum atomic E-state index is 12.3. The predicted molar refractivity (Wildman–Crippen MR) is 82.8 cm³/mol. The fourth-order valence-corrected chi connectivity index (χ4v) is 3.72. The molecule has 0 fully saturated rings. The highest BCUT2D eigenvalue weighted by Crippen LogP contribution is 2.28. The zero-order valence-electron chi connectivity index (χ0n) is 12.0. The fourth-order valence-electron chi connectivity index (χ4n) is 2.48. The van der Waals surface area contributed by atoms with Crippen LogP contribution in [0, 0.1) is 10.1 Å². The minimum Gasteiger partial charge on any atom is -0.488 e. The van der Waals surface area contributed by atoms with Crippen LogP contribution in [0.1, 0.15) is 5.56 Å². The number of fused-ring (bicyclic) bond motifs is 1. The summed E-state index contributed by atoms with van der Waals surface area (Å²) in [5, 5.41) is 11.0. The van der Waals surface area contributed by atoms with E-state index in [4.69, 9.17) is 4.74 Å². The van der Waals surface area contributed by atoms with Crippen molar-refractivity contribution < 1.29 is 18.1 Å². The van der Waals surface area contributed by atoms with Crippen molar-refractivity contribution in [2.45, 2.75) is 17.4 Å². The summed E-state index contributed by atoms with van der Waals surface area (Å²) in [4.78, 5) is 9.91. The van der Waals surface area contributed by atoms with Gasteiger partial charge in [-0.15, -0.1) is 0 Å². The van der Waals surface area contributed by atoms with Crippen LogP contribution in [0.25, 0.3) is 0 Å². The van der Waals surface area contributed by atoms with Gasteiger partial charge in [-0.05, 0) is 17.7 Å². The maximum Gasteiger partial charge on any atom is 0.289 e. The van der Waals surface area contributed by atoms with Gasteiger partial charge in [0.2, 0.25) is 10.0 Å². The Morgan fingerprint density at radius 3 is 2.61 bits per heavy atom. The van der Waals surface area contributed by atoms with Crippen molar-refractivity contribution in [3.8, 4) is 5.75 Å². The van der Waals surface area contributed by atoms with E-state index in [1.165, 1.54) is 18.2 Å². The molecule has 1 atom stereocenters. The summed E-state index contributed by atoms with van der Waals surface area (Å²) < 4.78 is 32.7. The van der Waals surface area contributed by atoms with E-state index in [0.717, 1.165) is 17.4 Å².